The second-order valence-electron chi connectivity index (χ2n) is 7.92. The fourth-order valence-electron chi connectivity index (χ4n) is 3.47. The first-order chi connectivity index (χ1) is 14.4. The summed E-state index contributed by atoms with van der Waals surface area (Å²) in [6.45, 7) is 5.87. The Balaban J connectivity index is 1.41. The van der Waals surface area contributed by atoms with Crippen LogP contribution in [0.2, 0.25) is 0 Å². The number of hydrogen-bond donors (Lipinski definition) is 2. The minimum atomic E-state index is -0.670. The van der Waals surface area contributed by atoms with Crippen LogP contribution in [0.25, 0.3) is 0 Å². The highest BCUT2D eigenvalue weighted by atomic mass is 16.2. The molecule has 2 N–H and O–H groups in total. The minimum absolute atomic E-state index is 0.0200. The van der Waals surface area contributed by atoms with Crippen molar-refractivity contribution in [1.29, 1.82) is 0 Å². The number of rotatable bonds is 5. The van der Waals surface area contributed by atoms with E-state index in [0.29, 0.717) is 36.8 Å². The van der Waals surface area contributed by atoms with Crippen molar-refractivity contribution in [1.82, 2.24) is 15.2 Å². The van der Waals surface area contributed by atoms with Crippen LogP contribution in [0.5, 0.6) is 0 Å². The quantitative estimate of drug-likeness (QED) is 0.745. The van der Waals surface area contributed by atoms with Crippen LogP contribution in [0.3, 0.4) is 0 Å². The number of carbonyl (C=O) groups is 3. The first kappa shape index (κ1) is 21.5. The Kier molecular flexibility index (Phi) is 7.17. The molecule has 1 aliphatic heterocycles. The maximum absolute atomic E-state index is 12.5. The van der Waals surface area contributed by atoms with E-state index in [9.17, 15) is 14.4 Å². The zero-order valence-corrected chi connectivity index (χ0v) is 17.4. The highest BCUT2D eigenvalue weighted by Gasteiger charge is 2.24. The van der Waals surface area contributed by atoms with Crippen molar-refractivity contribution in [3.8, 4) is 0 Å². The normalized spacial score (nSPS) is 14.4. The Morgan fingerprint density at radius 2 is 1.77 bits per heavy atom. The van der Waals surface area contributed by atoms with Crippen LogP contribution in [0.1, 0.15) is 48.5 Å². The number of likely N-dealkylation sites (tertiary alicyclic amines) is 1. The summed E-state index contributed by atoms with van der Waals surface area (Å²) in [6.07, 6.45) is 4.78. The van der Waals surface area contributed by atoms with E-state index in [0.717, 1.165) is 12.8 Å². The molecule has 7 nitrogen and oxygen atoms in total. The fraction of sp³-hybridized carbons (Fsp3) is 0.391. The topological polar surface area (TPSA) is 91.4 Å². The molecule has 0 bridgehead atoms. The number of aromatic nitrogens is 1. The smallest absolute Gasteiger partial charge is 0.313 e. The lowest BCUT2D eigenvalue weighted by atomic mass is 9.96. The molecular weight excluding hydrogens is 380 g/mol. The maximum Gasteiger partial charge on any atom is 0.313 e. The zero-order valence-electron chi connectivity index (χ0n) is 17.4. The van der Waals surface area contributed by atoms with Gasteiger partial charge in [-0.05, 0) is 54.5 Å². The molecule has 0 atom stereocenters. The Morgan fingerprint density at radius 1 is 1.07 bits per heavy atom. The lowest BCUT2D eigenvalue weighted by Crippen LogP contribution is -2.43. The number of nitrogens with one attached hydrogen (secondary N) is 2. The van der Waals surface area contributed by atoms with Crippen molar-refractivity contribution in [3.63, 3.8) is 0 Å². The van der Waals surface area contributed by atoms with E-state index in [-0.39, 0.29) is 11.8 Å². The standard InChI is InChI=1S/C23H28N4O3/c1-16(2)18-5-7-20(8-6-18)26-22(29)21(28)25-14-17-9-12-27(13-10-17)23(30)19-4-3-11-24-15-19/h3-8,11,15-17H,9-10,12-14H2,1-2H3,(H,25,28)(H,26,29). The maximum atomic E-state index is 12.5. The largest absolute Gasteiger partial charge is 0.348 e. The van der Waals surface area contributed by atoms with Gasteiger partial charge in [0.15, 0.2) is 0 Å². The summed E-state index contributed by atoms with van der Waals surface area (Å²) in [5, 5.41) is 5.34. The van der Waals surface area contributed by atoms with Crippen LogP contribution in [-0.4, -0.2) is 47.2 Å². The van der Waals surface area contributed by atoms with Gasteiger partial charge >= 0.3 is 11.8 Å². The lowest BCUT2D eigenvalue weighted by Gasteiger charge is -2.32. The third-order valence-electron chi connectivity index (χ3n) is 5.40. The van der Waals surface area contributed by atoms with Crippen molar-refractivity contribution >= 4 is 23.4 Å². The van der Waals surface area contributed by atoms with Gasteiger partial charge < -0.3 is 15.5 Å². The van der Waals surface area contributed by atoms with Crippen molar-refractivity contribution in [3.05, 3.63) is 59.9 Å². The van der Waals surface area contributed by atoms with E-state index in [1.165, 1.54) is 5.56 Å². The molecule has 1 aliphatic rings. The van der Waals surface area contributed by atoms with Gasteiger partial charge in [-0.25, -0.2) is 0 Å². The highest BCUT2D eigenvalue weighted by molar-refractivity contribution is 6.39. The molecule has 0 unspecified atom stereocenters. The molecule has 30 heavy (non-hydrogen) atoms. The number of hydrogen-bond acceptors (Lipinski definition) is 4. The summed E-state index contributed by atoms with van der Waals surface area (Å²) in [7, 11) is 0. The van der Waals surface area contributed by atoms with Crippen molar-refractivity contribution in [2.24, 2.45) is 5.92 Å². The van der Waals surface area contributed by atoms with Crippen LogP contribution in [0.15, 0.2) is 48.8 Å². The molecule has 1 fully saturated rings. The molecule has 158 valence electrons. The molecule has 2 aromatic rings. The molecule has 0 aliphatic carbocycles. The minimum Gasteiger partial charge on any atom is -0.348 e. The van der Waals surface area contributed by atoms with E-state index < -0.39 is 11.8 Å². The predicted octanol–water partition coefficient (Wildman–Crippen LogP) is 2.81. The molecule has 0 radical (unpaired) electrons. The number of nitrogens with zero attached hydrogens (tertiary/aromatic N) is 2. The van der Waals surface area contributed by atoms with Crippen molar-refractivity contribution in [2.45, 2.75) is 32.6 Å². The van der Waals surface area contributed by atoms with Crippen molar-refractivity contribution in [2.75, 3.05) is 25.0 Å². The molecule has 7 heteroatoms. The second kappa shape index (κ2) is 10.0. The van der Waals surface area contributed by atoms with E-state index in [1.54, 1.807) is 36.7 Å². The summed E-state index contributed by atoms with van der Waals surface area (Å²) in [5.74, 6) is -0.684. The highest BCUT2D eigenvalue weighted by Crippen LogP contribution is 2.19. The predicted molar refractivity (Wildman–Crippen MR) is 115 cm³/mol. The molecule has 1 saturated heterocycles. The summed E-state index contributed by atoms with van der Waals surface area (Å²) in [5.41, 5.74) is 2.36. The van der Waals surface area contributed by atoms with Gasteiger partial charge in [-0.15, -0.1) is 0 Å². The van der Waals surface area contributed by atoms with Gasteiger partial charge in [0.25, 0.3) is 5.91 Å². The SMILES string of the molecule is CC(C)c1ccc(NC(=O)C(=O)NCC2CCN(C(=O)c3cccnc3)CC2)cc1. The Hall–Kier alpha value is -3.22. The molecule has 1 aromatic carbocycles. The molecular formula is C23H28N4O3. The number of pyridine rings is 1. The average molecular weight is 409 g/mol. The van der Waals surface area contributed by atoms with Gasteiger partial charge in [0.2, 0.25) is 0 Å². The Bertz CT molecular complexity index is 873. The monoisotopic (exact) mass is 408 g/mol. The first-order valence-electron chi connectivity index (χ1n) is 10.3. The van der Waals surface area contributed by atoms with Crippen LogP contribution in [-0.2, 0) is 9.59 Å². The van der Waals surface area contributed by atoms with Gasteiger partial charge in [0, 0.05) is 37.7 Å². The lowest BCUT2D eigenvalue weighted by molar-refractivity contribution is -0.136. The summed E-state index contributed by atoms with van der Waals surface area (Å²) in [6, 6.07) is 11.0. The van der Waals surface area contributed by atoms with Gasteiger partial charge in [0.05, 0.1) is 5.56 Å². The van der Waals surface area contributed by atoms with Gasteiger partial charge in [0.1, 0.15) is 0 Å². The molecule has 0 spiro atoms. The van der Waals surface area contributed by atoms with Crippen molar-refractivity contribution < 1.29 is 14.4 Å². The third-order valence-corrected chi connectivity index (χ3v) is 5.40. The van der Waals surface area contributed by atoms with Crippen LogP contribution >= 0.6 is 0 Å². The van der Waals surface area contributed by atoms with Gasteiger partial charge in [-0.2, -0.15) is 0 Å². The fourth-order valence-corrected chi connectivity index (χ4v) is 3.47. The number of carbonyl (C=O) groups excluding carboxylic acids is 3. The average Bonchev–Trinajstić information content (AvgIpc) is 2.78. The van der Waals surface area contributed by atoms with E-state index >= 15 is 0 Å². The Labute approximate surface area is 176 Å². The van der Waals surface area contributed by atoms with Gasteiger partial charge in [-0.3, -0.25) is 19.4 Å². The second-order valence-corrected chi connectivity index (χ2v) is 7.92. The molecule has 1 aromatic heterocycles. The van der Waals surface area contributed by atoms with E-state index in [4.69, 9.17) is 0 Å². The van der Waals surface area contributed by atoms with E-state index in [2.05, 4.69) is 29.5 Å². The summed E-state index contributed by atoms with van der Waals surface area (Å²) in [4.78, 5) is 42.5. The zero-order chi connectivity index (χ0) is 21.5. The van der Waals surface area contributed by atoms with Crippen LogP contribution in [0, 0.1) is 5.92 Å². The molecule has 3 rings (SSSR count). The number of anilines is 1. The first-order valence-corrected chi connectivity index (χ1v) is 10.3. The third kappa shape index (κ3) is 5.65. The summed E-state index contributed by atoms with van der Waals surface area (Å²) >= 11 is 0. The number of amides is 3. The Morgan fingerprint density at radius 3 is 2.37 bits per heavy atom. The van der Waals surface area contributed by atoms with Crippen LogP contribution in [0.4, 0.5) is 5.69 Å². The van der Waals surface area contributed by atoms with Crippen LogP contribution < -0.4 is 10.6 Å². The number of benzene rings is 1. The van der Waals surface area contributed by atoms with Gasteiger partial charge in [-0.1, -0.05) is 26.0 Å². The number of piperidine rings is 1. The van der Waals surface area contributed by atoms with E-state index in [1.807, 2.05) is 17.0 Å². The molecule has 2 heterocycles. The summed E-state index contributed by atoms with van der Waals surface area (Å²) < 4.78 is 0. The molecule has 3 amide bonds. The molecule has 0 saturated carbocycles.